The topological polar surface area (TPSA) is 65.7 Å². The van der Waals surface area contributed by atoms with E-state index in [2.05, 4.69) is 23.8 Å². The zero-order chi connectivity index (χ0) is 13.8. The van der Waals surface area contributed by atoms with Crippen LogP contribution in [0.2, 0.25) is 0 Å². The molecule has 2 aromatic rings. The minimum atomic E-state index is -0.238. The third-order valence-corrected chi connectivity index (χ3v) is 3.45. The van der Waals surface area contributed by atoms with Crippen LogP contribution in [-0.2, 0) is 0 Å². The molecule has 4 heteroatoms. The molecule has 0 saturated carbocycles. The van der Waals surface area contributed by atoms with Crippen LogP contribution in [0.5, 0.6) is 0 Å². The molecule has 0 aliphatic carbocycles. The number of H-pyrrole nitrogens is 2. The SMILES string of the molecule is CCCC(CCC)C(=O)c1ccc2[nH]c(=O)[nH]c2c1. The summed E-state index contributed by atoms with van der Waals surface area (Å²) >= 11 is 0. The van der Waals surface area contributed by atoms with Crippen LogP contribution in [0.15, 0.2) is 23.0 Å². The number of aromatic amines is 2. The molecule has 2 rings (SSSR count). The third kappa shape index (κ3) is 2.95. The van der Waals surface area contributed by atoms with Gasteiger partial charge in [0.05, 0.1) is 11.0 Å². The van der Waals surface area contributed by atoms with Crippen molar-refractivity contribution in [1.29, 1.82) is 0 Å². The number of imidazole rings is 1. The highest BCUT2D eigenvalue weighted by molar-refractivity contribution is 6.00. The molecule has 0 unspecified atom stereocenters. The van der Waals surface area contributed by atoms with Crippen LogP contribution in [0.3, 0.4) is 0 Å². The number of Topliss-reactive ketones (excluding diaryl/α,β-unsaturated/α-hetero) is 1. The molecule has 0 aliphatic heterocycles. The van der Waals surface area contributed by atoms with Crippen molar-refractivity contribution >= 4 is 16.8 Å². The van der Waals surface area contributed by atoms with Gasteiger partial charge < -0.3 is 9.97 Å². The summed E-state index contributed by atoms with van der Waals surface area (Å²) in [5.41, 5.74) is 1.89. The van der Waals surface area contributed by atoms with E-state index in [-0.39, 0.29) is 17.4 Å². The first kappa shape index (κ1) is 13.6. The number of hydrogen-bond donors (Lipinski definition) is 2. The van der Waals surface area contributed by atoms with Crippen LogP contribution in [0.4, 0.5) is 0 Å². The molecule has 1 aromatic carbocycles. The molecule has 0 bridgehead atoms. The number of rotatable bonds is 6. The Kier molecular flexibility index (Phi) is 4.20. The lowest BCUT2D eigenvalue weighted by Gasteiger charge is -2.13. The predicted octanol–water partition coefficient (Wildman–Crippen LogP) is 3.26. The number of benzene rings is 1. The van der Waals surface area contributed by atoms with Gasteiger partial charge in [-0.2, -0.15) is 0 Å². The Balaban J connectivity index is 2.30. The van der Waals surface area contributed by atoms with Crippen LogP contribution in [0.25, 0.3) is 11.0 Å². The van der Waals surface area contributed by atoms with Gasteiger partial charge in [-0.15, -0.1) is 0 Å². The number of carbonyl (C=O) groups is 1. The lowest BCUT2D eigenvalue weighted by Crippen LogP contribution is -2.14. The van der Waals surface area contributed by atoms with E-state index >= 15 is 0 Å². The minimum absolute atomic E-state index is 0.0955. The largest absolute Gasteiger partial charge is 0.323 e. The number of aromatic nitrogens is 2. The molecule has 0 fully saturated rings. The number of hydrogen-bond acceptors (Lipinski definition) is 2. The maximum Gasteiger partial charge on any atom is 0.323 e. The fourth-order valence-corrected chi connectivity index (χ4v) is 2.52. The number of nitrogens with one attached hydrogen (secondary N) is 2. The van der Waals surface area contributed by atoms with Crippen LogP contribution in [0.1, 0.15) is 49.9 Å². The third-order valence-electron chi connectivity index (χ3n) is 3.45. The van der Waals surface area contributed by atoms with Gasteiger partial charge in [0, 0.05) is 11.5 Å². The van der Waals surface area contributed by atoms with Gasteiger partial charge >= 0.3 is 5.69 Å². The highest BCUT2D eigenvalue weighted by Crippen LogP contribution is 2.21. The number of fused-ring (bicyclic) bond motifs is 1. The van der Waals surface area contributed by atoms with E-state index in [1.165, 1.54) is 0 Å². The average Bonchev–Trinajstić information content (AvgIpc) is 2.76. The molecule has 0 saturated heterocycles. The Morgan fingerprint density at radius 3 is 2.37 bits per heavy atom. The predicted molar refractivity (Wildman–Crippen MR) is 76.6 cm³/mol. The smallest absolute Gasteiger partial charge is 0.306 e. The normalized spacial score (nSPS) is 11.3. The van der Waals surface area contributed by atoms with Gasteiger partial charge in [-0.05, 0) is 31.0 Å². The summed E-state index contributed by atoms with van der Waals surface area (Å²) in [7, 11) is 0. The second kappa shape index (κ2) is 5.87. The molecular weight excluding hydrogens is 240 g/mol. The van der Waals surface area contributed by atoms with E-state index in [9.17, 15) is 9.59 Å². The molecular formula is C15H20N2O2. The van der Waals surface area contributed by atoms with Gasteiger partial charge in [-0.1, -0.05) is 26.7 Å². The summed E-state index contributed by atoms with van der Waals surface area (Å²) in [5, 5.41) is 0. The maximum atomic E-state index is 12.5. The van der Waals surface area contributed by atoms with Gasteiger partial charge in [0.15, 0.2) is 5.78 Å². The molecule has 0 amide bonds. The van der Waals surface area contributed by atoms with Crippen molar-refractivity contribution < 1.29 is 4.79 Å². The van der Waals surface area contributed by atoms with E-state index < -0.39 is 0 Å². The summed E-state index contributed by atoms with van der Waals surface area (Å²) in [6.45, 7) is 4.20. The van der Waals surface area contributed by atoms with Crippen molar-refractivity contribution in [3.05, 3.63) is 34.2 Å². The Hall–Kier alpha value is -1.84. The van der Waals surface area contributed by atoms with Gasteiger partial charge in [0.2, 0.25) is 0 Å². The average molecular weight is 260 g/mol. The van der Waals surface area contributed by atoms with Gasteiger partial charge in [-0.3, -0.25) is 4.79 Å². The van der Waals surface area contributed by atoms with Crippen molar-refractivity contribution in [2.75, 3.05) is 0 Å². The zero-order valence-electron chi connectivity index (χ0n) is 11.5. The Bertz CT molecular complexity index is 618. The molecule has 0 spiro atoms. The summed E-state index contributed by atoms with van der Waals surface area (Å²) in [6, 6.07) is 5.36. The first-order chi connectivity index (χ1) is 9.15. The summed E-state index contributed by atoms with van der Waals surface area (Å²) in [6.07, 6.45) is 3.88. The van der Waals surface area contributed by atoms with Gasteiger partial charge in [0.25, 0.3) is 0 Å². The second-order valence-electron chi connectivity index (χ2n) is 4.98. The first-order valence-electron chi connectivity index (χ1n) is 6.92. The molecule has 1 aromatic heterocycles. The van der Waals surface area contributed by atoms with E-state index in [0.717, 1.165) is 31.2 Å². The van der Waals surface area contributed by atoms with Crippen molar-refractivity contribution in [2.45, 2.75) is 39.5 Å². The molecule has 0 radical (unpaired) electrons. The van der Waals surface area contributed by atoms with E-state index in [0.29, 0.717) is 11.1 Å². The molecule has 1 heterocycles. The van der Waals surface area contributed by atoms with E-state index in [1.807, 2.05) is 0 Å². The monoisotopic (exact) mass is 260 g/mol. The van der Waals surface area contributed by atoms with Crippen molar-refractivity contribution in [2.24, 2.45) is 5.92 Å². The highest BCUT2D eigenvalue weighted by Gasteiger charge is 2.18. The van der Waals surface area contributed by atoms with Gasteiger partial charge in [-0.25, -0.2) is 4.79 Å². The van der Waals surface area contributed by atoms with Crippen LogP contribution in [0, 0.1) is 5.92 Å². The van der Waals surface area contributed by atoms with E-state index in [4.69, 9.17) is 0 Å². The molecule has 102 valence electrons. The van der Waals surface area contributed by atoms with Crippen molar-refractivity contribution in [1.82, 2.24) is 9.97 Å². The highest BCUT2D eigenvalue weighted by atomic mass is 16.1. The summed E-state index contributed by atoms with van der Waals surface area (Å²) < 4.78 is 0. The lowest BCUT2D eigenvalue weighted by atomic mass is 9.90. The number of ketones is 1. The van der Waals surface area contributed by atoms with Gasteiger partial charge in [0.1, 0.15) is 0 Å². The Morgan fingerprint density at radius 2 is 1.74 bits per heavy atom. The summed E-state index contributed by atoms with van der Waals surface area (Å²) in [5.74, 6) is 0.283. The van der Waals surface area contributed by atoms with Crippen molar-refractivity contribution in [3.8, 4) is 0 Å². The minimum Gasteiger partial charge on any atom is -0.306 e. The quantitative estimate of drug-likeness (QED) is 0.783. The van der Waals surface area contributed by atoms with E-state index in [1.54, 1.807) is 18.2 Å². The maximum absolute atomic E-state index is 12.5. The Morgan fingerprint density at radius 1 is 1.11 bits per heavy atom. The molecule has 0 atom stereocenters. The lowest BCUT2D eigenvalue weighted by molar-refractivity contribution is 0.0905. The molecule has 0 aliphatic rings. The van der Waals surface area contributed by atoms with Crippen LogP contribution >= 0.6 is 0 Å². The fraction of sp³-hybridized carbons (Fsp3) is 0.467. The Labute approximate surface area is 112 Å². The van der Waals surface area contributed by atoms with Crippen molar-refractivity contribution in [3.63, 3.8) is 0 Å². The first-order valence-corrected chi connectivity index (χ1v) is 6.92. The number of carbonyl (C=O) groups excluding carboxylic acids is 1. The fourth-order valence-electron chi connectivity index (χ4n) is 2.52. The standard InChI is InChI=1S/C15H20N2O2/c1-3-5-10(6-4-2)14(18)11-7-8-12-13(9-11)17-15(19)16-12/h7-10H,3-6H2,1-2H3,(H2,16,17,19). The molecule has 4 nitrogen and oxygen atoms in total. The van der Waals surface area contributed by atoms with Crippen LogP contribution in [-0.4, -0.2) is 15.8 Å². The molecule has 2 N–H and O–H groups in total. The summed E-state index contributed by atoms with van der Waals surface area (Å²) in [4.78, 5) is 29.1. The van der Waals surface area contributed by atoms with Crippen LogP contribution < -0.4 is 5.69 Å². The zero-order valence-corrected chi connectivity index (χ0v) is 11.5. The second-order valence-corrected chi connectivity index (χ2v) is 4.98. The molecule has 19 heavy (non-hydrogen) atoms.